The number of thioether (sulfide) groups is 1. The Bertz CT molecular complexity index is 757. The molecule has 104 valence electrons. The second-order valence-electron chi connectivity index (χ2n) is 4.74. The van der Waals surface area contributed by atoms with Crippen molar-refractivity contribution in [2.45, 2.75) is 38.6 Å². The van der Waals surface area contributed by atoms with Crippen molar-refractivity contribution in [3.63, 3.8) is 0 Å². The number of hydrogen-bond acceptors (Lipinski definition) is 6. The van der Waals surface area contributed by atoms with Crippen LogP contribution in [0.15, 0.2) is 15.7 Å². The van der Waals surface area contributed by atoms with Crippen molar-refractivity contribution in [2.24, 2.45) is 0 Å². The fraction of sp³-hybridized carbons (Fsp3) is 0.385. The van der Waals surface area contributed by atoms with Crippen molar-refractivity contribution in [3.8, 4) is 0 Å². The highest BCUT2D eigenvalue weighted by Crippen LogP contribution is 2.24. The number of fused-ring (bicyclic) bond motifs is 1. The molecule has 0 N–H and O–H groups in total. The van der Waals surface area contributed by atoms with E-state index in [2.05, 4.69) is 20.2 Å². The van der Waals surface area contributed by atoms with E-state index in [1.807, 2.05) is 33.8 Å². The number of hydrogen-bond donors (Lipinski definition) is 0. The molecule has 3 heterocycles. The van der Waals surface area contributed by atoms with Gasteiger partial charge in [0.2, 0.25) is 5.16 Å². The Hall–Kier alpha value is -1.89. The third-order valence-electron chi connectivity index (χ3n) is 3.13. The highest BCUT2D eigenvalue weighted by Gasteiger charge is 2.12. The van der Waals surface area contributed by atoms with E-state index in [4.69, 9.17) is 4.52 Å². The molecular weight excluding hydrogens is 274 g/mol. The summed E-state index contributed by atoms with van der Waals surface area (Å²) in [6.07, 6.45) is 0. The molecule has 0 atom stereocenters. The van der Waals surface area contributed by atoms with Crippen LogP contribution in [0.4, 0.5) is 0 Å². The van der Waals surface area contributed by atoms with Gasteiger partial charge in [-0.05, 0) is 33.8 Å². The first-order valence-electron chi connectivity index (χ1n) is 6.30. The molecule has 0 radical (unpaired) electrons. The van der Waals surface area contributed by atoms with Crippen LogP contribution < -0.4 is 0 Å². The lowest BCUT2D eigenvalue weighted by atomic mass is 10.2. The van der Waals surface area contributed by atoms with Gasteiger partial charge in [0.15, 0.2) is 0 Å². The summed E-state index contributed by atoms with van der Waals surface area (Å²) in [5.41, 5.74) is 4.01. The second kappa shape index (κ2) is 4.90. The number of rotatable bonds is 3. The highest BCUT2D eigenvalue weighted by molar-refractivity contribution is 7.98. The van der Waals surface area contributed by atoms with Crippen LogP contribution in [-0.2, 0) is 5.75 Å². The second-order valence-corrected chi connectivity index (χ2v) is 5.68. The van der Waals surface area contributed by atoms with Gasteiger partial charge in [0.25, 0.3) is 5.78 Å². The van der Waals surface area contributed by atoms with Crippen molar-refractivity contribution in [3.05, 3.63) is 34.5 Å². The van der Waals surface area contributed by atoms with Crippen LogP contribution in [0.5, 0.6) is 0 Å². The first-order chi connectivity index (χ1) is 9.54. The van der Waals surface area contributed by atoms with Gasteiger partial charge in [0, 0.05) is 22.7 Å². The van der Waals surface area contributed by atoms with Crippen molar-refractivity contribution < 1.29 is 4.52 Å². The molecule has 0 unspecified atom stereocenters. The Balaban J connectivity index is 1.87. The topological polar surface area (TPSA) is 69.1 Å². The number of aromatic nitrogens is 5. The molecule has 6 nitrogen and oxygen atoms in total. The molecule has 0 aliphatic carbocycles. The molecule has 20 heavy (non-hydrogen) atoms. The molecule has 0 saturated carbocycles. The van der Waals surface area contributed by atoms with E-state index >= 15 is 0 Å². The monoisotopic (exact) mass is 289 g/mol. The molecule has 0 aliphatic rings. The van der Waals surface area contributed by atoms with Crippen LogP contribution in [0.25, 0.3) is 5.78 Å². The quantitative estimate of drug-likeness (QED) is 0.690. The molecule has 0 aliphatic heterocycles. The molecular formula is C13H15N5OS. The van der Waals surface area contributed by atoms with Gasteiger partial charge in [-0.15, -0.1) is 5.10 Å². The standard InChI is InChI=1S/C13H15N5OS/c1-7-5-8(2)18-12(14-7)15-13(16-18)20-6-11-9(3)17-19-10(11)4/h5H,6H2,1-4H3. The van der Waals surface area contributed by atoms with Crippen molar-refractivity contribution in [2.75, 3.05) is 0 Å². The molecule has 3 rings (SSSR count). The van der Waals surface area contributed by atoms with Gasteiger partial charge in [-0.25, -0.2) is 9.50 Å². The van der Waals surface area contributed by atoms with Crippen LogP contribution in [-0.4, -0.2) is 24.7 Å². The predicted molar refractivity (Wildman–Crippen MR) is 75.8 cm³/mol. The minimum absolute atomic E-state index is 0.642. The van der Waals surface area contributed by atoms with E-state index in [0.29, 0.717) is 10.9 Å². The lowest BCUT2D eigenvalue weighted by Gasteiger charge is -1.97. The SMILES string of the molecule is Cc1cc(C)n2nc(SCc3c(C)noc3C)nc2n1. The molecule has 0 spiro atoms. The zero-order valence-electron chi connectivity index (χ0n) is 11.8. The van der Waals surface area contributed by atoms with Gasteiger partial charge >= 0.3 is 0 Å². The summed E-state index contributed by atoms with van der Waals surface area (Å²) in [5, 5.41) is 9.13. The summed E-state index contributed by atoms with van der Waals surface area (Å²) in [6.45, 7) is 7.82. The van der Waals surface area contributed by atoms with Gasteiger partial charge < -0.3 is 4.52 Å². The molecule has 0 aromatic carbocycles. The van der Waals surface area contributed by atoms with Crippen LogP contribution in [0.2, 0.25) is 0 Å². The van der Waals surface area contributed by atoms with Crippen molar-refractivity contribution in [1.82, 2.24) is 24.7 Å². The maximum atomic E-state index is 5.16. The average molecular weight is 289 g/mol. The fourth-order valence-electron chi connectivity index (χ4n) is 2.05. The Morgan fingerprint density at radius 1 is 1.20 bits per heavy atom. The lowest BCUT2D eigenvalue weighted by Crippen LogP contribution is -1.97. The summed E-state index contributed by atoms with van der Waals surface area (Å²) in [5.74, 6) is 2.24. The average Bonchev–Trinajstić information content (AvgIpc) is 2.92. The molecule has 3 aromatic heterocycles. The van der Waals surface area contributed by atoms with E-state index in [1.54, 1.807) is 16.3 Å². The maximum absolute atomic E-state index is 5.16. The first kappa shape index (κ1) is 13.1. The summed E-state index contributed by atoms with van der Waals surface area (Å²) >= 11 is 1.56. The lowest BCUT2D eigenvalue weighted by molar-refractivity contribution is 0.392. The Kier molecular flexibility index (Phi) is 3.21. The van der Waals surface area contributed by atoms with Crippen LogP contribution in [0.3, 0.4) is 0 Å². The van der Waals surface area contributed by atoms with E-state index in [1.165, 1.54) is 0 Å². The third-order valence-corrected chi connectivity index (χ3v) is 3.99. The van der Waals surface area contributed by atoms with Gasteiger partial charge in [-0.1, -0.05) is 16.9 Å². The number of aryl methyl sites for hydroxylation is 4. The summed E-state index contributed by atoms with van der Waals surface area (Å²) in [4.78, 5) is 8.83. The Morgan fingerprint density at radius 2 is 2.00 bits per heavy atom. The van der Waals surface area contributed by atoms with Crippen molar-refractivity contribution >= 4 is 17.5 Å². The maximum Gasteiger partial charge on any atom is 0.253 e. The molecule has 0 fully saturated rings. The van der Waals surface area contributed by atoms with Crippen LogP contribution >= 0.6 is 11.8 Å². The van der Waals surface area contributed by atoms with Gasteiger partial charge in [-0.3, -0.25) is 0 Å². The van der Waals surface area contributed by atoms with Crippen LogP contribution in [0, 0.1) is 27.7 Å². The Morgan fingerprint density at radius 3 is 2.70 bits per heavy atom. The van der Waals surface area contributed by atoms with Gasteiger partial charge in [0.1, 0.15) is 5.76 Å². The summed E-state index contributed by atoms with van der Waals surface area (Å²) < 4.78 is 6.92. The van der Waals surface area contributed by atoms with E-state index < -0.39 is 0 Å². The fourth-order valence-corrected chi connectivity index (χ4v) is 3.02. The Labute approximate surface area is 120 Å². The van der Waals surface area contributed by atoms with E-state index in [0.717, 1.165) is 34.2 Å². The van der Waals surface area contributed by atoms with E-state index in [-0.39, 0.29) is 0 Å². The molecule has 0 bridgehead atoms. The zero-order chi connectivity index (χ0) is 14.3. The normalized spacial score (nSPS) is 11.4. The predicted octanol–water partition coefficient (Wildman–Crippen LogP) is 2.64. The minimum Gasteiger partial charge on any atom is -0.361 e. The van der Waals surface area contributed by atoms with Gasteiger partial charge in [-0.2, -0.15) is 4.98 Å². The smallest absolute Gasteiger partial charge is 0.253 e. The zero-order valence-corrected chi connectivity index (χ0v) is 12.7. The largest absolute Gasteiger partial charge is 0.361 e. The summed E-state index contributed by atoms with van der Waals surface area (Å²) in [7, 11) is 0. The molecule has 0 amide bonds. The molecule has 0 saturated heterocycles. The van der Waals surface area contributed by atoms with Gasteiger partial charge in [0.05, 0.1) is 5.69 Å². The van der Waals surface area contributed by atoms with E-state index in [9.17, 15) is 0 Å². The molecule has 3 aromatic rings. The third kappa shape index (κ3) is 2.29. The minimum atomic E-state index is 0.642. The van der Waals surface area contributed by atoms with Crippen LogP contribution in [0.1, 0.15) is 28.4 Å². The summed E-state index contributed by atoms with van der Waals surface area (Å²) in [6, 6.07) is 1.99. The van der Waals surface area contributed by atoms with Crippen molar-refractivity contribution in [1.29, 1.82) is 0 Å². The number of nitrogens with zero attached hydrogens (tertiary/aromatic N) is 5. The first-order valence-corrected chi connectivity index (χ1v) is 7.28. The molecule has 7 heteroatoms. The highest BCUT2D eigenvalue weighted by atomic mass is 32.2.